The molecule has 0 spiro atoms. The molecule has 0 N–H and O–H groups in total. The van der Waals surface area contributed by atoms with E-state index in [4.69, 9.17) is 11.0 Å². The topological polar surface area (TPSA) is 29.0 Å². The lowest BCUT2D eigenvalue weighted by atomic mass is 10.4. The molecule has 1 aromatic rings. The molecule has 3 nitrogen and oxygen atoms in total. The van der Waals surface area contributed by atoms with E-state index < -0.39 is 25.7 Å². The molecule has 0 radical (unpaired) electrons. The second kappa shape index (κ2) is 3.39. The van der Waals surface area contributed by atoms with Crippen LogP contribution in [-0.2, 0) is 0 Å². The van der Waals surface area contributed by atoms with E-state index in [9.17, 15) is 0 Å². The quantitative estimate of drug-likeness (QED) is 0.696. The summed E-state index contributed by atoms with van der Waals surface area (Å²) in [5, 5.41) is 0. The summed E-state index contributed by atoms with van der Waals surface area (Å²) in [7, 11) is 0. The lowest BCUT2D eigenvalue weighted by molar-refractivity contribution is 0.918. The number of halogens is 1. The summed E-state index contributed by atoms with van der Waals surface area (Å²) in [6, 6.07) is 1.19. The number of hydrogen-bond acceptors (Lipinski definition) is 3. The van der Waals surface area contributed by atoms with Gasteiger partial charge in [-0.1, -0.05) is 0 Å². The molecule has 64 valence electrons. The van der Waals surface area contributed by atoms with Gasteiger partial charge in [0.05, 0.1) is 0 Å². The fraction of sp³-hybridized carbons (Fsp3) is 0.500. The molecule has 2 heterocycles. The van der Waals surface area contributed by atoms with E-state index in [1.54, 1.807) is 0 Å². The Kier molecular flexibility index (Phi) is 0.831. The van der Waals surface area contributed by atoms with Crippen molar-refractivity contribution in [2.24, 2.45) is 0 Å². The first-order valence-corrected chi connectivity index (χ1v) is 3.95. The standard InChI is InChI=1S/C8H10BrN3/c9-8-10-4-3-7(11-8)12-5-1-2-6-12/h3-4H,1-2,5-6H2/i1D2,2D2,5D2,6D2. The largest absolute Gasteiger partial charge is 0.356 e. The predicted octanol–water partition coefficient (Wildman–Crippen LogP) is 1.84. The molecule has 12 heavy (non-hydrogen) atoms. The Morgan fingerprint density at radius 1 is 1.50 bits per heavy atom. The normalized spacial score (nSPS) is 43.6. The van der Waals surface area contributed by atoms with Gasteiger partial charge in [0.1, 0.15) is 5.82 Å². The zero-order valence-corrected chi connectivity index (χ0v) is 7.46. The first-order chi connectivity index (χ1) is 8.87. The minimum Gasteiger partial charge on any atom is -0.356 e. The van der Waals surface area contributed by atoms with Gasteiger partial charge in [-0.25, -0.2) is 9.97 Å². The van der Waals surface area contributed by atoms with E-state index in [-0.39, 0.29) is 10.6 Å². The number of aromatic nitrogens is 2. The maximum atomic E-state index is 7.83. The second-order valence-electron chi connectivity index (χ2n) is 1.99. The van der Waals surface area contributed by atoms with Crippen molar-refractivity contribution in [3.05, 3.63) is 17.0 Å². The van der Waals surface area contributed by atoms with Crippen LogP contribution in [0.25, 0.3) is 0 Å². The average Bonchev–Trinajstić information content (AvgIpc) is 2.33. The van der Waals surface area contributed by atoms with Crippen LogP contribution in [0.15, 0.2) is 17.0 Å². The first-order valence-electron chi connectivity index (χ1n) is 7.16. The zero-order valence-electron chi connectivity index (χ0n) is 13.9. The lowest BCUT2D eigenvalue weighted by Crippen LogP contribution is -2.18. The monoisotopic (exact) mass is 235 g/mol. The average molecular weight is 236 g/mol. The van der Waals surface area contributed by atoms with Crippen molar-refractivity contribution in [1.82, 2.24) is 9.97 Å². The predicted molar refractivity (Wildman–Crippen MR) is 51.2 cm³/mol. The molecule has 0 bridgehead atoms. The van der Waals surface area contributed by atoms with Crippen LogP contribution in [0, 0.1) is 0 Å². The van der Waals surface area contributed by atoms with Crippen LogP contribution < -0.4 is 4.90 Å². The van der Waals surface area contributed by atoms with E-state index in [0.717, 1.165) is 0 Å². The fourth-order valence-corrected chi connectivity index (χ4v) is 1.06. The highest BCUT2D eigenvalue weighted by Crippen LogP contribution is 2.17. The van der Waals surface area contributed by atoms with E-state index in [2.05, 4.69) is 25.9 Å². The van der Waals surface area contributed by atoms with Gasteiger partial charge in [-0.3, -0.25) is 0 Å². The summed E-state index contributed by atoms with van der Waals surface area (Å²) in [6.45, 7) is -5.85. The molecular weight excluding hydrogens is 218 g/mol. The maximum absolute atomic E-state index is 7.83. The minimum atomic E-state index is -3.07. The van der Waals surface area contributed by atoms with Crippen LogP contribution in [0.1, 0.15) is 23.7 Å². The van der Waals surface area contributed by atoms with Crippen LogP contribution in [0.5, 0.6) is 0 Å². The molecule has 4 heteroatoms. The van der Waals surface area contributed by atoms with E-state index in [0.29, 0.717) is 4.90 Å². The van der Waals surface area contributed by atoms with Crippen molar-refractivity contribution in [3.8, 4) is 0 Å². The summed E-state index contributed by atoms with van der Waals surface area (Å²) in [6.07, 6.45) is -4.90. The fourth-order valence-electron chi connectivity index (χ4n) is 0.761. The molecule has 0 unspecified atom stereocenters. The summed E-state index contributed by atoms with van der Waals surface area (Å²) < 4.78 is 62.0. The van der Waals surface area contributed by atoms with Gasteiger partial charge in [0.2, 0.25) is 0 Å². The van der Waals surface area contributed by atoms with Gasteiger partial charge in [0.25, 0.3) is 0 Å². The van der Waals surface area contributed by atoms with Gasteiger partial charge in [0.15, 0.2) is 4.73 Å². The SMILES string of the molecule is [2H]C1([2H])N(c2ccnc(Br)n2)C([2H])([2H])C([2H])([2H])C1([2H])[2H]. The molecule has 1 aliphatic rings. The third kappa shape index (κ3) is 1.58. The molecule has 1 aromatic heterocycles. The van der Waals surface area contributed by atoms with Crippen molar-refractivity contribution in [2.45, 2.75) is 12.7 Å². The molecule has 2 rings (SSSR count). The molecule has 1 saturated heterocycles. The number of rotatable bonds is 1. The zero-order chi connectivity index (χ0) is 15.6. The highest BCUT2D eigenvalue weighted by Gasteiger charge is 2.13. The van der Waals surface area contributed by atoms with E-state index >= 15 is 0 Å². The van der Waals surface area contributed by atoms with Gasteiger partial charge >= 0.3 is 0 Å². The Hall–Kier alpha value is -0.640. The Morgan fingerprint density at radius 3 is 2.92 bits per heavy atom. The Labute approximate surface area is 91.2 Å². The van der Waals surface area contributed by atoms with Crippen LogP contribution >= 0.6 is 15.9 Å². The molecule has 0 atom stereocenters. The molecule has 0 saturated carbocycles. The third-order valence-electron chi connectivity index (χ3n) is 1.24. The van der Waals surface area contributed by atoms with Crippen molar-refractivity contribution in [1.29, 1.82) is 0 Å². The lowest BCUT2D eigenvalue weighted by Gasteiger charge is -2.15. The van der Waals surface area contributed by atoms with Gasteiger partial charge in [-0.05, 0) is 34.7 Å². The molecule has 1 fully saturated rings. The summed E-state index contributed by atoms with van der Waals surface area (Å²) >= 11 is 2.96. The minimum absolute atomic E-state index is 0.0645. The maximum Gasteiger partial charge on any atom is 0.198 e. The van der Waals surface area contributed by atoms with E-state index in [1.807, 2.05) is 0 Å². The Morgan fingerprint density at radius 2 is 2.25 bits per heavy atom. The highest BCUT2D eigenvalue weighted by atomic mass is 79.9. The summed E-state index contributed by atoms with van der Waals surface area (Å²) in [5.74, 6) is -0.243. The van der Waals surface area contributed by atoms with Crippen LogP contribution in [-0.4, -0.2) is 23.0 Å². The van der Waals surface area contributed by atoms with Crippen molar-refractivity contribution >= 4 is 21.7 Å². The van der Waals surface area contributed by atoms with Crippen molar-refractivity contribution in [3.63, 3.8) is 0 Å². The number of anilines is 1. The Bertz CT molecular complexity index is 522. The van der Waals surface area contributed by atoms with Crippen molar-refractivity contribution in [2.75, 3.05) is 17.9 Å². The number of hydrogen-bond donors (Lipinski definition) is 0. The van der Waals surface area contributed by atoms with Crippen molar-refractivity contribution < 1.29 is 11.0 Å². The molecule has 0 aromatic carbocycles. The summed E-state index contributed by atoms with van der Waals surface area (Å²) in [5.41, 5.74) is 0. The van der Waals surface area contributed by atoms with Gasteiger partial charge < -0.3 is 4.90 Å². The Balaban J connectivity index is 2.69. The summed E-state index contributed by atoms with van der Waals surface area (Å²) in [4.78, 5) is 7.90. The van der Waals surface area contributed by atoms with Gasteiger partial charge in [-0.15, -0.1) is 0 Å². The van der Waals surface area contributed by atoms with Gasteiger partial charge in [-0.2, -0.15) is 0 Å². The molecule has 1 aliphatic heterocycles. The van der Waals surface area contributed by atoms with Crippen LogP contribution in [0.3, 0.4) is 0 Å². The highest BCUT2D eigenvalue weighted by molar-refractivity contribution is 9.10. The van der Waals surface area contributed by atoms with Crippen LogP contribution in [0.2, 0.25) is 0 Å². The molecule has 0 aliphatic carbocycles. The second-order valence-corrected chi connectivity index (χ2v) is 2.70. The third-order valence-corrected chi connectivity index (χ3v) is 1.62. The van der Waals surface area contributed by atoms with Gasteiger partial charge in [0, 0.05) is 30.2 Å². The molecular formula is C8H10BrN3. The first kappa shape index (κ1) is 2.94. The smallest absolute Gasteiger partial charge is 0.198 e. The number of nitrogens with zero attached hydrogens (tertiary/aromatic N) is 3. The molecule has 0 amide bonds. The van der Waals surface area contributed by atoms with Crippen LogP contribution in [0.4, 0.5) is 5.82 Å². The van der Waals surface area contributed by atoms with E-state index in [1.165, 1.54) is 12.3 Å².